The maximum atomic E-state index is 12.0. The smallest absolute Gasteiger partial charge is 0.312 e. The highest BCUT2D eigenvalue weighted by molar-refractivity contribution is 5.84. The van der Waals surface area contributed by atoms with E-state index in [1.807, 2.05) is 42.5 Å². The van der Waals surface area contributed by atoms with Crippen LogP contribution >= 0.6 is 0 Å². The molecule has 0 saturated heterocycles. The van der Waals surface area contributed by atoms with Gasteiger partial charge in [-0.2, -0.15) is 5.10 Å². The van der Waals surface area contributed by atoms with E-state index in [2.05, 4.69) is 10.4 Å². The van der Waals surface area contributed by atoms with Crippen LogP contribution in [0, 0.1) is 24.0 Å². The molecule has 0 aliphatic heterocycles. The van der Waals surface area contributed by atoms with E-state index in [-0.39, 0.29) is 18.2 Å². The standard InChI is InChI=1S/C19H20N4O4/c1-13-19(23(25)26)14(2)22(21-13)10-9-20-18(24)12-27-17-8-7-15-5-3-4-6-16(15)11-17/h3-8,11H,9-10,12H2,1-2H3,(H,20,24). The first kappa shape index (κ1) is 18.4. The highest BCUT2D eigenvalue weighted by Gasteiger charge is 2.21. The van der Waals surface area contributed by atoms with E-state index in [9.17, 15) is 14.9 Å². The second-order valence-corrected chi connectivity index (χ2v) is 6.15. The lowest BCUT2D eigenvalue weighted by Gasteiger charge is -2.09. The number of hydrogen-bond acceptors (Lipinski definition) is 5. The van der Waals surface area contributed by atoms with E-state index in [1.54, 1.807) is 13.8 Å². The Hall–Kier alpha value is -3.42. The van der Waals surface area contributed by atoms with Gasteiger partial charge >= 0.3 is 5.69 Å². The molecule has 0 radical (unpaired) electrons. The average Bonchev–Trinajstić information content (AvgIpc) is 2.93. The summed E-state index contributed by atoms with van der Waals surface area (Å²) in [5.74, 6) is 0.359. The maximum Gasteiger partial charge on any atom is 0.312 e. The first-order chi connectivity index (χ1) is 13.0. The summed E-state index contributed by atoms with van der Waals surface area (Å²) in [6.07, 6.45) is 0. The predicted molar refractivity (Wildman–Crippen MR) is 101 cm³/mol. The van der Waals surface area contributed by atoms with Gasteiger partial charge in [0.05, 0.1) is 11.5 Å². The molecule has 0 bridgehead atoms. The summed E-state index contributed by atoms with van der Waals surface area (Å²) in [6, 6.07) is 13.6. The van der Waals surface area contributed by atoms with Gasteiger partial charge in [0.15, 0.2) is 6.61 Å². The van der Waals surface area contributed by atoms with Crippen molar-refractivity contribution in [1.82, 2.24) is 15.1 Å². The molecule has 0 unspecified atom stereocenters. The fourth-order valence-electron chi connectivity index (χ4n) is 2.93. The Morgan fingerprint density at radius 2 is 1.96 bits per heavy atom. The molecule has 3 rings (SSSR count). The summed E-state index contributed by atoms with van der Waals surface area (Å²) in [4.78, 5) is 22.5. The molecular formula is C19H20N4O4. The van der Waals surface area contributed by atoms with Crippen LogP contribution in [0.3, 0.4) is 0 Å². The summed E-state index contributed by atoms with van der Waals surface area (Å²) >= 11 is 0. The first-order valence-corrected chi connectivity index (χ1v) is 8.52. The van der Waals surface area contributed by atoms with Crippen molar-refractivity contribution < 1.29 is 14.5 Å². The van der Waals surface area contributed by atoms with Gasteiger partial charge in [-0.15, -0.1) is 0 Å². The molecule has 1 heterocycles. The van der Waals surface area contributed by atoms with Gasteiger partial charge in [-0.05, 0) is 36.8 Å². The van der Waals surface area contributed by atoms with Crippen molar-refractivity contribution in [3.05, 3.63) is 64.0 Å². The Labute approximate surface area is 155 Å². The number of ether oxygens (including phenoxy) is 1. The molecule has 3 aromatic rings. The number of carbonyl (C=O) groups is 1. The fraction of sp³-hybridized carbons (Fsp3) is 0.263. The average molecular weight is 368 g/mol. The van der Waals surface area contributed by atoms with Gasteiger partial charge in [-0.1, -0.05) is 30.3 Å². The minimum absolute atomic E-state index is 0.0148. The molecule has 8 heteroatoms. The number of carbonyl (C=O) groups excluding carboxylic acids is 1. The third-order valence-electron chi connectivity index (χ3n) is 4.26. The molecule has 2 aromatic carbocycles. The molecule has 0 aliphatic rings. The summed E-state index contributed by atoms with van der Waals surface area (Å²) < 4.78 is 7.06. The lowest BCUT2D eigenvalue weighted by Crippen LogP contribution is -2.32. The van der Waals surface area contributed by atoms with Crippen LogP contribution in [0.25, 0.3) is 10.8 Å². The maximum absolute atomic E-state index is 12.0. The van der Waals surface area contributed by atoms with E-state index in [1.165, 1.54) is 4.68 Å². The monoisotopic (exact) mass is 368 g/mol. The number of fused-ring (bicyclic) bond motifs is 1. The zero-order chi connectivity index (χ0) is 19.4. The SMILES string of the molecule is Cc1nn(CCNC(=O)COc2ccc3ccccc3c2)c(C)c1[N+](=O)[O-]. The molecule has 0 fully saturated rings. The zero-order valence-corrected chi connectivity index (χ0v) is 15.1. The zero-order valence-electron chi connectivity index (χ0n) is 15.1. The van der Waals surface area contributed by atoms with Gasteiger partial charge in [0, 0.05) is 6.54 Å². The van der Waals surface area contributed by atoms with Gasteiger partial charge in [-0.3, -0.25) is 19.6 Å². The largest absolute Gasteiger partial charge is 0.484 e. The van der Waals surface area contributed by atoms with Crippen LogP contribution in [-0.2, 0) is 11.3 Å². The quantitative estimate of drug-likeness (QED) is 0.511. The molecule has 1 N–H and O–H groups in total. The van der Waals surface area contributed by atoms with Crippen LogP contribution in [0.2, 0.25) is 0 Å². The number of amides is 1. The van der Waals surface area contributed by atoms with Crippen molar-refractivity contribution in [1.29, 1.82) is 0 Å². The number of nitrogens with zero attached hydrogens (tertiary/aromatic N) is 3. The van der Waals surface area contributed by atoms with Crippen molar-refractivity contribution >= 4 is 22.4 Å². The van der Waals surface area contributed by atoms with Crippen LogP contribution in [0.15, 0.2) is 42.5 Å². The van der Waals surface area contributed by atoms with E-state index in [4.69, 9.17) is 4.74 Å². The minimum Gasteiger partial charge on any atom is -0.484 e. The van der Waals surface area contributed by atoms with Gasteiger partial charge in [0.25, 0.3) is 5.91 Å². The van der Waals surface area contributed by atoms with Crippen LogP contribution in [0.5, 0.6) is 5.75 Å². The number of hydrogen-bond donors (Lipinski definition) is 1. The molecule has 8 nitrogen and oxygen atoms in total. The van der Waals surface area contributed by atoms with Crippen LogP contribution in [-0.4, -0.2) is 33.8 Å². The number of aryl methyl sites for hydroxylation is 1. The summed E-state index contributed by atoms with van der Waals surface area (Å²) in [5, 5.41) is 20.0. The highest BCUT2D eigenvalue weighted by atomic mass is 16.6. The lowest BCUT2D eigenvalue weighted by atomic mass is 10.1. The van der Waals surface area contributed by atoms with E-state index < -0.39 is 4.92 Å². The molecule has 1 amide bonds. The van der Waals surface area contributed by atoms with Crippen LogP contribution in [0.1, 0.15) is 11.4 Å². The molecule has 27 heavy (non-hydrogen) atoms. The minimum atomic E-state index is -0.440. The summed E-state index contributed by atoms with van der Waals surface area (Å²) in [7, 11) is 0. The van der Waals surface area contributed by atoms with E-state index >= 15 is 0 Å². The number of nitro groups is 1. The van der Waals surface area contributed by atoms with E-state index in [0.717, 1.165) is 10.8 Å². The third kappa shape index (κ3) is 4.22. The summed E-state index contributed by atoms with van der Waals surface area (Å²) in [6.45, 7) is 3.79. The van der Waals surface area contributed by atoms with Crippen molar-refractivity contribution in [2.24, 2.45) is 0 Å². The Bertz CT molecular complexity index is 997. The predicted octanol–water partition coefficient (Wildman–Crippen LogP) is 2.76. The Kier molecular flexibility index (Phi) is 5.35. The van der Waals surface area contributed by atoms with Crippen LogP contribution < -0.4 is 10.1 Å². The molecule has 0 atom stereocenters. The normalized spacial score (nSPS) is 10.7. The Morgan fingerprint density at radius 1 is 1.22 bits per heavy atom. The number of benzene rings is 2. The third-order valence-corrected chi connectivity index (χ3v) is 4.26. The summed E-state index contributed by atoms with van der Waals surface area (Å²) in [5.41, 5.74) is 0.851. The molecule has 1 aromatic heterocycles. The second-order valence-electron chi connectivity index (χ2n) is 6.15. The Balaban J connectivity index is 1.50. The van der Waals surface area contributed by atoms with Gasteiger partial charge in [0.1, 0.15) is 17.1 Å². The molecule has 0 aliphatic carbocycles. The van der Waals surface area contributed by atoms with Gasteiger partial charge in [0.2, 0.25) is 0 Å². The topological polar surface area (TPSA) is 99.3 Å². The Morgan fingerprint density at radius 3 is 2.67 bits per heavy atom. The second kappa shape index (κ2) is 7.86. The van der Waals surface area contributed by atoms with E-state index in [0.29, 0.717) is 30.2 Å². The molecule has 0 saturated carbocycles. The molecule has 0 spiro atoms. The lowest BCUT2D eigenvalue weighted by molar-refractivity contribution is -0.386. The van der Waals surface area contributed by atoms with Crippen molar-refractivity contribution in [3.63, 3.8) is 0 Å². The van der Waals surface area contributed by atoms with Crippen LogP contribution in [0.4, 0.5) is 5.69 Å². The van der Waals surface area contributed by atoms with Crippen molar-refractivity contribution in [2.75, 3.05) is 13.2 Å². The highest BCUT2D eigenvalue weighted by Crippen LogP contribution is 2.22. The number of nitrogens with one attached hydrogen (secondary N) is 1. The molecule has 140 valence electrons. The van der Waals surface area contributed by atoms with Gasteiger partial charge < -0.3 is 10.1 Å². The van der Waals surface area contributed by atoms with Crippen molar-refractivity contribution in [3.8, 4) is 5.75 Å². The van der Waals surface area contributed by atoms with Gasteiger partial charge in [-0.25, -0.2) is 0 Å². The van der Waals surface area contributed by atoms with Crippen molar-refractivity contribution in [2.45, 2.75) is 20.4 Å². The molecular weight excluding hydrogens is 348 g/mol. The fourth-order valence-corrected chi connectivity index (χ4v) is 2.93. The first-order valence-electron chi connectivity index (χ1n) is 8.52. The number of aromatic nitrogens is 2. The number of rotatable bonds is 7.